The van der Waals surface area contributed by atoms with Crippen LogP contribution < -0.4 is 29.6 Å². The van der Waals surface area contributed by atoms with Crippen LogP contribution >= 0.6 is 0 Å². The summed E-state index contributed by atoms with van der Waals surface area (Å²) in [6.45, 7) is 8.70. The molecule has 4 aromatic carbocycles. The highest BCUT2D eigenvalue weighted by molar-refractivity contribution is 5.99. The number of esters is 2. The Morgan fingerprint density at radius 1 is 0.518 bits per heavy atom. The van der Waals surface area contributed by atoms with Crippen molar-refractivity contribution in [3.05, 3.63) is 120 Å². The lowest BCUT2D eigenvalue weighted by Crippen LogP contribution is -2.49. The van der Waals surface area contributed by atoms with Gasteiger partial charge >= 0.3 is 11.9 Å². The normalized spacial score (nSPS) is 12.2. The molecule has 0 aliphatic heterocycles. The molecule has 6 rings (SSSR count). The van der Waals surface area contributed by atoms with Gasteiger partial charge in [0.05, 0.1) is 65.2 Å². The molecule has 2 aromatic heterocycles. The Morgan fingerprint density at radius 2 is 0.964 bits per heavy atom. The predicted molar refractivity (Wildman–Crippen MR) is 315 cm³/mol. The summed E-state index contributed by atoms with van der Waals surface area (Å²) in [6, 6.07) is 27.8. The SMILES string of the molecule is CCC(C)Cn1nc(C(=O)N[C@@H](CCc2ccccc2)C(=O)N(C)CC(=O)OC)cc1-c1c(OC)cc(-c2cccc(CC[C@H](NC(=O)c3cc(-c4c(OC)cccc4OC)n(CC(CC)CC)n3)C(=O)N(C)CC(=O)OC)c2)cc1OC. The number of carbonyl (C=O) groups excluding carboxylic acids is 6. The van der Waals surface area contributed by atoms with Gasteiger partial charge in [0, 0.05) is 27.2 Å². The Kier molecular flexibility index (Phi) is 23.3. The average molecular weight is 1140 g/mol. The molecule has 0 radical (unpaired) electrons. The molecule has 0 aliphatic rings. The van der Waals surface area contributed by atoms with Crippen LogP contribution in [0.1, 0.15) is 91.9 Å². The number of methoxy groups -OCH3 is 6. The molecule has 0 bridgehead atoms. The fourth-order valence-electron chi connectivity index (χ4n) is 9.74. The number of nitrogens with one attached hydrogen (secondary N) is 2. The number of carbonyl (C=O) groups is 6. The molecule has 83 heavy (non-hydrogen) atoms. The summed E-state index contributed by atoms with van der Waals surface area (Å²) in [5.41, 5.74) is 5.81. The van der Waals surface area contributed by atoms with Crippen molar-refractivity contribution in [1.82, 2.24) is 40.0 Å². The van der Waals surface area contributed by atoms with Crippen molar-refractivity contribution in [1.29, 1.82) is 0 Å². The van der Waals surface area contributed by atoms with Crippen LogP contribution in [-0.2, 0) is 54.6 Å². The highest BCUT2D eigenvalue weighted by Crippen LogP contribution is 2.43. The fraction of sp³-hybridized carbons (Fsp3) is 0.429. The highest BCUT2D eigenvalue weighted by atomic mass is 16.5. The van der Waals surface area contributed by atoms with E-state index in [0.717, 1.165) is 41.5 Å². The number of aromatic nitrogens is 4. The first-order chi connectivity index (χ1) is 39.9. The van der Waals surface area contributed by atoms with Gasteiger partial charge in [0.2, 0.25) is 11.8 Å². The molecule has 0 fully saturated rings. The molecule has 444 valence electrons. The average Bonchev–Trinajstić information content (AvgIpc) is 4.37. The molecule has 0 aliphatic carbocycles. The molecule has 4 amide bonds. The van der Waals surface area contributed by atoms with Gasteiger partial charge in [-0.2, -0.15) is 10.2 Å². The number of likely N-dealkylation sites (N-methyl/N-ethyl adjacent to an activating group) is 2. The maximum absolute atomic E-state index is 14.4. The van der Waals surface area contributed by atoms with Gasteiger partial charge in [0.15, 0.2) is 11.4 Å². The van der Waals surface area contributed by atoms with Crippen LogP contribution in [0.3, 0.4) is 0 Å². The zero-order chi connectivity index (χ0) is 60.3. The molecule has 6 aromatic rings. The van der Waals surface area contributed by atoms with E-state index in [9.17, 15) is 28.8 Å². The Balaban J connectivity index is 1.31. The Labute approximate surface area is 486 Å². The standard InChI is InChI=1S/C63H80N8O12/c1-13-40(4)36-70-51(35-48(66-70)60(74)64-46(29-27-42-21-17-16-18-22-42)62(76)68(5)38-56(72)82-11)59-54(80-9)32-45(33-55(59)81-10)44-24-19-23-43(31-44)28-30-47(63(77)69(6)39-57(73)83-12)65-61(75)49-34-50(71(67-49)37-41(14-2)15-3)58-52(78-7)25-20-26-53(58)79-8/h16-26,31-35,40-41,46-47H,13-15,27-30,36-39H2,1-12H3,(H,64,74)(H,65,75)/t40?,46-,47-/m0/s1. The van der Waals surface area contributed by atoms with E-state index in [0.29, 0.717) is 71.4 Å². The van der Waals surface area contributed by atoms with E-state index >= 15 is 0 Å². The second-order valence-electron chi connectivity index (χ2n) is 20.5. The summed E-state index contributed by atoms with van der Waals surface area (Å²) < 4.78 is 37.0. The quantitative estimate of drug-likeness (QED) is 0.0405. The van der Waals surface area contributed by atoms with E-state index in [2.05, 4.69) is 38.3 Å². The van der Waals surface area contributed by atoms with Crippen LogP contribution in [0.2, 0.25) is 0 Å². The third kappa shape index (κ3) is 16.3. The van der Waals surface area contributed by atoms with Gasteiger partial charge in [-0.25, -0.2) is 0 Å². The Morgan fingerprint density at radius 3 is 1.42 bits per heavy atom. The van der Waals surface area contributed by atoms with E-state index in [1.54, 1.807) is 49.9 Å². The van der Waals surface area contributed by atoms with E-state index in [4.69, 9.17) is 38.6 Å². The molecule has 1 unspecified atom stereocenters. The third-order valence-corrected chi connectivity index (χ3v) is 14.9. The van der Waals surface area contributed by atoms with Crippen LogP contribution in [0.15, 0.2) is 97.1 Å². The summed E-state index contributed by atoms with van der Waals surface area (Å²) in [7, 11) is 11.7. The summed E-state index contributed by atoms with van der Waals surface area (Å²) in [5, 5.41) is 15.5. The van der Waals surface area contributed by atoms with Gasteiger partial charge in [0.25, 0.3) is 11.8 Å². The van der Waals surface area contributed by atoms with Gasteiger partial charge in [-0.15, -0.1) is 0 Å². The van der Waals surface area contributed by atoms with Crippen molar-refractivity contribution in [2.24, 2.45) is 11.8 Å². The van der Waals surface area contributed by atoms with E-state index in [1.807, 2.05) is 84.9 Å². The second-order valence-corrected chi connectivity index (χ2v) is 20.5. The van der Waals surface area contributed by atoms with Crippen molar-refractivity contribution < 1.29 is 57.2 Å². The molecular formula is C63H80N8O12. The smallest absolute Gasteiger partial charge is 0.325 e. The zero-order valence-electron chi connectivity index (χ0n) is 49.9. The molecule has 20 nitrogen and oxygen atoms in total. The lowest BCUT2D eigenvalue weighted by Gasteiger charge is -2.24. The molecular weight excluding hydrogens is 1060 g/mol. The molecule has 0 saturated carbocycles. The maximum Gasteiger partial charge on any atom is 0.325 e. The monoisotopic (exact) mass is 1140 g/mol. The van der Waals surface area contributed by atoms with Gasteiger partial charge < -0.3 is 48.9 Å². The number of amides is 4. The highest BCUT2D eigenvalue weighted by Gasteiger charge is 2.31. The van der Waals surface area contributed by atoms with Crippen LogP contribution in [0.5, 0.6) is 23.0 Å². The topological polar surface area (TPSA) is 224 Å². The Bertz CT molecular complexity index is 3140. The van der Waals surface area contributed by atoms with Crippen molar-refractivity contribution >= 4 is 35.6 Å². The fourth-order valence-corrected chi connectivity index (χ4v) is 9.74. The van der Waals surface area contributed by atoms with E-state index in [1.165, 1.54) is 38.1 Å². The summed E-state index contributed by atoms with van der Waals surface area (Å²) >= 11 is 0. The van der Waals surface area contributed by atoms with Crippen LogP contribution in [-0.4, -0.2) is 147 Å². The summed E-state index contributed by atoms with van der Waals surface area (Å²) in [6.07, 6.45) is 3.80. The predicted octanol–water partition coefficient (Wildman–Crippen LogP) is 8.32. The molecule has 20 heteroatoms. The first kappa shape index (κ1) is 63.5. The van der Waals surface area contributed by atoms with Gasteiger partial charge in [-0.05, 0) is 96.2 Å². The van der Waals surface area contributed by atoms with E-state index in [-0.39, 0.29) is 49.2 Å². The third-order valence-electron chi connectivity index (χ3n) is 14.9. The largest absolute Gasteiger partial charge is 0.496 e. The van der Waals surface area contributed by atoms with Crippen LogP contribution in [0.4, 0.5) is 0 Å². The molecule has 2 N–H and O–H groups in total. The number of ether oxygens (including phenoxy) is 6. The minimum absolute atomic E-state index is 0.0619. The van der Waals surface area contributed by atoms with Crippen molar-refractivity contribution in [3.8, 4) is 56.6 Å². The summed E-state index contributed by atoms with van der Waals surface area (Å²) in [4.78, 5) is 83.9. The lowest BCUT2D eigenvalue weighted by molar-refractivity contribution is -0.146. The van der Waals surface area contributed by atoms with Gasteiger partial charge in [-0.3, -0.25) is 38.1 Å². The second kappa shape index (κ2) is 30.4. The van der Waals surface area contributed by atoms with Gasteiger partial charge in [0.1, 0.15) is 48.2 Å². The number of nitrogens with zero attached hydrogens (tertiary/aromatic N) is 6. The Hall–Kier alpha value is -8.68. The molecule has 2 heterocycles. The molecule has 0 saturated heterocycles. The number of hydrogen-bond donors (Lipinski definition) is 2. The number of rotatable bonds is 30. The number of aryl methyl sites for hydroxylation is 2. The summed E-state index contributed by atoms with van der Waals surface area (Å²) in [5.74, 6) is -1.00. The van der Waals surface area contributed by atoms with Crippen molar-refractivity contribution in [2.45, 2.75) is 97.8 Å². The molecule has 3 atom stereocenters. The maximum atomic E-state index is 14.4. The first-order valence-corrected chi connectivity index (χ1v) is 28.0. The lowest BCUT2D eigenvalue weighted by atomic mass is 9.96. The zero-order valence-corrected chi connectivity index (χ0v) is 49.9. The first-order valence-electron chi connectivity index (χ1n) is 28.0. The van der Waals surface area contributed by atoms with Crippen LogP contribution in [0.25, 0.3) is 33.6 Å². The van der Waals surface area contributed by atoms with Gasteiger partial charge in [-0.1, -0.05) is 108 Å². The minimum atomic E-state index is -1.09. The van der Waals surface area contributed by atoms with E-state index < -0.39 is 47.7 Å². The number of benzene rings is 4. The van der Waals surface area contributed by atoms with Crippen molar-refractivity contribution in [3.63, 3.8) is 0 Å². The van der Waals surface area contributed by atoms with Crippen molar-refractivity contribution in [2.75, 3.05) is 69.8 Å². The molecule has 0 spiro atoms. The number of hydrogen-bond acceptors (Lipinski definition) is 14. The minimum Gasteiger partial charge on any atom is -0.496 e. The van der Waals surface area contributed by atoms with Crippen LogP contribution in [0, 0.1) is 11.8 Å².